The first-order chi connectivity index (χ1) is 5.81. The largest absolute Gasteiger partial charge is 0.121 e. The molecule has 0 spiro atoms. The van der Waals surface area contributed by atoms with Gasteiger partial charge in [0.15, 0.2) is 0 Å². The maximum Gasteiger partial charge on any atom is 0.0677 e. The number of hydrogen-bond acceptors (Lipinski definition) is 0. The molecule has 0 saturated carbocycles. The number of unbranched alkanes of at least 4 members (excludes halogenated alkanes) is 5. The smallest absolute Gasteiger partial charge is 0.0677 e. The zero-order valence-corrected chi connectivity index (χ0v) is 9.37. The van der Waals surface area contributed by atoms with Gasteiger partial charge in [0.05, 0.1) is 11.3 Å². The van der Waals surface area contributed by atoms with Crippen molar-refractivity contribution in [1.29, 1.82) is 0 Å². The van der Waals surface area contributed by atoms with Gasteiger partial charge in [0, 0.05) is 0 Å². The molecule has 0 heterocycles. The summed E-state index contributed by atoms with van der Waals surface area (Å²) in [6.07, 6.45) is 8.93. The molecule has 0 aromatic heterocycles. The zero-order chi connectivity index (χ0) is 9.23. The van der Waals surface area contributed by atoms with Crippen LogP contribution in [-0.2, 0) is 0 Å². The lowest BCUT2D eigenvalue weighted by Crippen LogP contribution is -1.94. The third kappa shape index (κ3) is 8.67. The summed E-state index contributed by atoms with van der Waals surface area (Å²) in [7, 11) is 0. The van der Waals surface area contributed by atoms with E-state index in [2.05, 4.69) is 6.92 Å². The molecule has 12 heavy (non-hydrogen) atoms. The normalized spacial score (nSPS) is 13.2. The summed E-state index contributed by atoms with van der Waals surface area (Å²) in [6, 6.07) is 0. The van der Waals surface area contributed by atoms with Crippen molar-refractivity contribution in [2.75, 3.05) is 0 Å². The van der Waals surface area contributed by atoms with Gasteiger partial charge in [-0.15, -0.1) is 23.2 Å². The molecule has 0 bridgehead atoms. The first-order valence-corrected chi connectivity index (χ1v) is 5.76. The van der Waals surface area contributed by atoms with Crippen LogP contribution in [0.2, 0.25) is 0 Å². The van der Waals surface area contributed by atoms with Crippen molar-refractivity contribution in [2.24, 2.45) is 0 Å². The highest BCUT2D eigenvalue weighted by Crippen LogP contribution is 2.14. The Balaban J connectivity index is 2.90. The van der Waals surface area contributed by atoms with Crippen LogP contribution in [0.1, 0.15) is 51.9 Å². The fourth-order valence-electron chi connectivity index (χ4n) is 1.18. The van der Waals surface area contributed by atoms with Crippen molar-refractivity contribution in [1.82, 2.24) is 0 Å². The van der Waals surface area contributed by atoms with Crippen molar-refractivity contribution in [3.8, 4) is 0 Å². The Hall–Kier alpha value is 0.580. The third-order valence-corrected chi connectivity index (χ3v) is 2.75. The molecule has 0 N–H and O–H groups in total. The van der Waals surface area contributed by atoms with Gasteiger partial charge in [-0.3, -0.25) is 0 Å². The van der Waals surface area contributed by atoms with Crippen LogP contribution in [0, 0.1) is 5.88 Å². The Morgan fingerprint density at radius 1 is 1.08 bits per heavy atom. The van der Waals surface area contributed by atoms with E-state index in [0.717, 1.165) is 6.42 Å². The second kappa shape index (κ2) is 9.67. The van der Waals surface area contributed by atoms with Gasteiger partial charge in [-0.05, 0) is 6.42 Å². The Labute approximate surface area is 86.6 Å². The molecular weight excluding hydrogens is 191 g/mol. The minimum absolute atomic E-state index is 0.0674. The predicted molar refractivity (Wildman–Crippen MR) is 57.8 cm³/mol. The minimum Gasteiger partial charge on any atom is -0.121 e. The van der Waals surface area contributed by atoms with E-state index < -0.39 is 0 Å². The highest BCUT2D eigenvalue weighted by molar-refractivity contribution is 6.31. The molecule has 0 aliphatic rings. The van der Waals surface area contributed by atoms with Crippen LogP contribution in [-0.4, -0.2) is 5.38 Å². The quantitative estimate of drug-likeness (QED) is 0.400. The molecule has 0 aliphatic carbocycles. The summed E-state index contributed by atoms with van der Waals surface area (Å²) in [5.41, 5.74) is 0. The number of halogens is 2. The summed E-state index contributed by atoms with van der Waals surface area (Å²) in [5.74, 6) is 1.55. The molecule has 0 nitrogen and oxygen atoms in total. The van der Waals surface area contributed by atoms with Gasteiger partial charge < -0.3 is 0 Å². The van der Waals surface area contributed by atoms with Gasteiger partial charge >= 0.3 is 0 Å². The second-order valence-electron chi connectivity index (χ2n) is 3.20. The molecule has 0 rings (SSSR count). The van der Waals surface area contributed by atoms with E-state index in [-0.39, 0.29) is 5.38 Å². The molecule has 1 unspecified atom stereocenters. The minimum atomic E-state index is 0.0674. The molecule has 1 radical (unpaired) electrons. The Morgan fingerprint density at radius 3 is 2.25 bits per heavy atom. The Kier molecular flexibility index (Phi) is 10.1. The lowest BCUT2D eigenvalue weighted by molar-refractivity contribution is 0.592. The van der Waals surface area contributed by atoms with Crippen LogP contribution in [0.25, 0.3) is 0 Å². The van der Waals surface area contributed by atoms with Crippen molar-refractivity contribution < 1.29 is 0 Å². The first-order valence-electron chi connectivity index (χ1n) is 4.89. The highest BCUT2D eigenvalue weighted by Gasteiger charge is 2.01. The molecule has 0 aromatic carbocycles. The van der Waals surface area contributed by atoms with E-state index in [1.807, 2.05) is 0 Å². The van der Waals surface area contributed by atoms with E-state index in [1.54, 1.807) is 5.88 Å². The Bertz CT molecular complexity index is 83.9. The van der Waals surface area contributed by atoms with E-state index in [9.17, 15) is 0 Å². The summed E-state index contributed by atoms with van der Waals surface area (Å²) in [4.78, 5) is 0. The maximum atomic E-state index is 5.82. The standard InChI is InChI=1S/C10H19Cl2/c1-2-3-4-5-6-7-8-10(12)9-11/h9-10H,2-8H2,1H3. The Morgan fingerprint density at radius 2 is 1.67 bits per heavy atom. The van der Waals surface area contributed by atoms with Gasteiger partial charge in [-0.1, -0.05) is 45.4 Å². The second-order valence-corrected chi connectivity index (χ2v) is 4.01. The average Bonchev–Trinajstić information content (AvgIpc) is 2.10. The summed E-state index contributed by atoms with van der Waals surface area (Å²) >= 11 is 11.3. The fraction of sp³-hybridized carbons (Fsp3) is 0.900. The molecule has 0 aliphatic heterocycles. The molecule has 1 atom stereocenters. The molecule has 0 saturated heterocycles. The van der Waals surface area contributed by atoms with E-state index in [1.165, 1.54) is 38.5 Å². The van der Waals surface area contributed by atoms with Crippen LogP contribution >= 0.6 is 23.2 Å². The molecule has 73 valence electrons. The van der Waals surface area contributed by atoms with Crippen LogP contribution in [0.15, 0.2) is 0 Å². The van der Waals surface area contributed by atoms with Crippen LogP contribution in [0.4, 0.5) is 0 Å². The third-order valence-electron chi connectivity index (χ3n) is 1.97. The summed E-state index contributed by atoms with van der Waals surface area (Å²) in [6.45, 7) is 2.23. The van der Waals surface area contributed by atoms with Gasteiger partial charge in [0.25, 0.3) is 0 Å². The topological polar surface area (TPSA) is 0 Å². The van der Waals surface area contributed by atoms with E-state index in [4.69, 9.17) is 23.2 Å². The van der Waals surface area contributed by atoms with E-state index in [0.29, 0.717) is 0 Å². The molecule has 0 aromatic rings. The van der Waals surface area contributed by atoms with Crippen molar-refractivity contribution in [3.63, 3.8) is 0 Å². The summed E-state index contributed by atoms with van der Waals surface area (Å²) in [5, 5.41) is 0.0674. The van der Waals surface area contributed by atoms with E-state index >= 15 is 0 Å². The van der Waals surface area contributed by atoms with Crippen molar-refractivity contribution in [2.45, 2.75) is 57.2 Å². The molecule has 2 heteroatoms. The lowest BCUT2D eigenvalue weighted by atomic mass is 10.1. The van der Waals surface area contributed by atoms with Crippen LogP contribution in [0.3, 0.4) is 0 Å². The highest BCUT2D eigenvalue weighted by atomic mass is 35.5. The molecular formula is C10H19Cl2. The van der Waals surface area contributed by atoms with Crippen LogP contribution < -0.4 is 0 Å². The first kappa shape index (κ1) is 12.6. The number of alkyl halides is 1. The fourth-order valence-corrected chi connectivity index (χ4v) is 1.46. The van der Waals surface area contributed by atoms with Crippen molar-refractivity contribution >= 4 is 23.2 Å². The van der Waals surface area contributed by atoms with Gasteiger partial charge in [0.2, 0.25) is 0 Å². The SMILES string of the molecule is CCCCCCCCC(Cl)[CH]Cl. The number of hydrogen-bond donors (Lipinski definition) is 0. The lowest BCUT2D eigenvalue weighted by Gasteiger charge is -2.03. The average molecular weight is 210 g/mol. The van der Waals surface area contributed by atoms with Gasteiger partial charge in [0.1, 0.15) is 0 Å². The van der Waals surface area contributed by atoms with Crippen LogP contribution in [0.5, 0.6) is 0 Å². The maximum absolute atomic E-state index is 5.82. The predicted octanol–water partition coefficient (Wildman–Crippen LogP) is 4.74. The molecule has 0 fully saturated rings. The monoisotopic (exact) mass is 209 g/mol. The van der Waals surface area contributed by atoms with Gasteiger partial charge in [-0.25, -0.2) is 0 Å². The van der Waals surface area contributed by atoms with Crippen molar-refractivity contribution in [3.05, 3.63) is 5.88 Å². The van der Waals surface area contributed by atoms with Gasteiger partial charge in [-0.2, -0.15) is 0 Å². The zero-order valence-electron chi connectivity index (χ0n) is 7.86. The molecule has 0 amide bonds. The summed E-state index contributed by atoms with van der Waals surface area (Å²) < 4.78 is 0. The number of rotatable bonds is 8.